The fourth-order valence-electron chi connectivity index (χ4n) is 1.93. The molecule has 0 aliphatic carbocycles. The quantitative estimate of drug-likeness (QED) is 0.880. The van der Waals surface area contributed by atoms with Gasteiger partial charge < -0.3 is 15.4 Å². The summed E-state index contributed by atoms with van der Waals surface area (Å²) in [5.41, 5.74) is 0.756. The van der Waals surface area contributed by atoms with Gasteiger partial charge in [-0.3, -0.25) is 4.79 Å². The second kappa shape index (κ2) is 7.12. The number of hydrogen-bond donors (Lipinski definition) is 2. The van der Waals surface area contributed by atoms with Crippen LogP contribution in [0, 0.1) is 0 Å². The second-order valence-electron chi connectivity index (χ2n) is 4.43. The number of carbonyl (C=O) groups is 1. The Morgan fingerprint density at radius 2 is 2.16 bits per heavy atom. The molecule has 1 aliphatic rings. The summed E-state index contributed by atoms with van der Waals surface area (Å²) >= 11 is 9.40. The fourth-order valence-corrected chi connectivity index (χ4v) is 2.67. The molecule has 0 spiro atoms. The number of carbonyl (C=O) groups excluding carboxylic acids is 1. The van der Waals surface area contributed by atoms with Crippen LogP contribution in [-0.2, 0) is 9.53 Å². The van der Waals surface area contributed by atoms with Crippen LogP contribution in [0.25, 0.3) is 0 Å². The molecule has 6 heteroatoms. The van der Waals surface area contributed by atoms with E-state index in [1.54, 1.807) is 6.07 Å². The largest absolute Gasteiger partial charge is 0.381 e. The first kappa shape index (κ1) is 14.6. The number of ether oxygens (including phenoxy) is 1. The van der Waals surface area contributed by atoms with Crippen molar-refractivity contribution in [1.29, 1.82) is 0 Å². The van der Waals surface area contributed by atoms with Crippen LogP contribution in [0.4, 0.5) is 5.69 Å². The maximum atomic E-state index is 11.8. The highest BCUT2D eigenvalue weighted by atomic mass is 79.9. The van der Waals surface area contributed by atoms with Crippen molar-refractivity contribution in [2.45, 2.75) is 18.9 Å². The minimum absolute atomic E-state index is 0.0223. The van der Waals surface area contributed by atoms with Crippen LogP contribution in [0.5, 0.6) is 0 Å². The Morgan fingerprint density at radius 3 is 2.84 bits per heavy atom. The van der Waals surface area contributed by atoms with Crippen molar-refractivity contribution in [3.05, 3.63) is 27.7 Å². The van der Waals surface area contributed by atoms with Crippen LogP contribution in [0.15, 0.2) is 22.7 Å². The molecular formula is C13H16BrClN2O2. The van der Waals surface area contributed by atoms with Crippen molar-refractivity contribution in [2.75, 3.05) is 25.1 Å². The predicted molar refractivity (Wildman–Crippen MR) is 79.6 cm³/mol. The topological polar surface area (TPSA) is 50.4 Å². The molecule has 0 radical (unpaired) electrons. The Balaban J connectivity index is 1.79. The van der Waals surface area contributed by atoms with Gasteiger partial charge >= 0.3 is 0 Å². The van der Waals surface area contributed by atoms with Crippen LogP contribution < -0.4 is 10.6 Å². The molecule has 0 atom stereocenters. The molecule has 4 nitrogen and oxygen atoms in total. The molecule has 104 valence electrons. The summed E-state index contributed by atoms with van der Waals surface area (Å²) in [4.78, 5) is 11.8. The maximum absolute atomic E-state index is 11.8. The molecule has 0 saturated carbocycles. The van der Waals surface area contributed by atoms with Crippen molar-refractivity contribution in [3.8, 4) is 0 Å². The van der Waals surface area contributed by atoms with Gasteiger partial charge in [-0.15, -0.1) is 0 Å². The Morgan fingerprint density at radius 1 is 1.42 bits per heavy atom. The normalized spacial score (nSPS) is 16.1. The molecule has 1 saturated heterocycles. The number of rotatable bonds is 4. The highest BCUT2D eigenvalue weighted by molar-refractivity contribution is 9.10. The average Bonchev–Trinajstić information content (AvgIpc) is 2.39. The van der Waals surface area contributed by atoms with Crippen LogP contribution in [0.3, 0.4) is 0 Å². The third kappa shape index (κ3) is 4.67. The number of anilines is 1. The molecule has 1 aliphatic heterocycles. The smallest absolute Gasteiger partial charge is 0.239 e. The molecule has 1 fully saturated rings. The van der Waals surface area contributed by atoms with E-state index in [1.807, 2.05) is 12.1 Å². The van der Waals surface area contributed by atoms with E-state index in [1.165, 1.54) is 0 Å². The third-order valence-corrected chi connectivity index (χ3v) is 3.76. The zero-order valence-corrected chi connectivity index (χ0v) is 12.8. The fraction of sp³-hybridized carbons (Fsp3) is 0.462. The van der Waals surface area contributed by atoms with E-state index in [9.17, 15) is 4.79 Å². The summed E-state index contributed by atoms with van der Waals surface area (Å²) < 4.78 is 6.16. The number of nitrogens with one attached hydrogen (secondary N) is 2. The Hall–Kier alpha value is -0.780. The molecule has 1 aromatic carbocycles. The molecule has 1 amide bonds. The molecule has 2 N–H and O–H groups in total. The van der Waals surface area contributed by atoms with Gasteiger partial charge in [0.2, 0.25) is 5.91 Å². The van der Waals surface area contributed by atoms with Gasteiger partial charge in [0.1, 0.15) is 0 Å². The summed E-state index contributed by atoms with van der Waals surface area (Å²) in [6.45, 7) is 1.66. The summed E-state index contributed by atoms with van der Waals surface area (Å²) in [7, 11) is 0. The van der Waals surface area contributed by atoms with Crippen LogP contribution in [0.1, 0.15) is 12.8 Å². The molecule has 1 heterocycles. The number of amides is 1. The second-order valence-corrected chi connectivity index (χ2v) is 5.75. The first-order valence-corrected chi connectivity index (χ1v) is 7.38. The van der Waals surface area contributed by atoms with Crippen LogP contribution >= 0.6 is 27.5 Å². The van der Waals surface area contributed by atoms with E-state index < -0.39 is 0 Å². The number of hydrogen-bond acceptors (Lipinski definition) is 3. The molecular weight excluding hydrogens is 332 g/mol. The van der Waals surface area contributed by atoms with Gasteiger partial charge in [-0.25, -0.2) is 0 Å². The van der Waals surface area contributed by atoms with Crippen molar-refractivity contribution < 1.29 is 9.53 Å². The standard InChI is InChI=1S/C13H16BrClN2O2/c14-9-1-2-12(11(15)7-9)16-8-13(18)17-10-3-5-19-6-4-10/h1-2,7,10,16H,3-6,8H2,(H,17,18). The minimum atomic E-state index is -0.0223. The first-order chi connectivity index (χ1) is 9.15. The number of halogens is 2. The van der Waals surface area contributed by atoms with E-state index >= 15 is 0 Å². The highest BCUT2D eigenvalue weighted by Gasteiger charge is 2.15. The summed E-state index contributed by atoms with van der Waals surface area (Å²) in [5.74, 6) is -0.0223. The van der Waals surface area contributed by atoms with Gasteiger partial charge in [-0.1, -0.05) is 27.5 Å². The average molecular weight is 348 g/mol. The van der Waals surface area contributed by atoms with Gasteiger partial charge in [0.15, 0.2) is 0 Å². The van der Waals surface area contributed by atoms with Crippen molar-refractivity contribution in [2.24, 2.45) is 0 Å². The maximum Gasteiger partial charge on any atom is 0.239 e. The van der Waals surface area contributed by atoms with Crippen molar-refractivity contribution in [3.63, 3.8) is 0 Å². The minimum Gasteiger partial charge on any atom is -0.381 e. The lowest BCUT2D eigenvalue weighted by Crippen LogP contribution is -2.41. The van der Waals surface area contributed by atoms with Gasteiger partial charge in [0.25, 0.3) is 0 Å². The monoisotopic (exact) mass is 346 g/mol. The summed E-state index contributed by atoms with van der Waals surface area (Å²) in [6.07, 6.45) is 1.76. The zero-order valence-electron chi connectivity index (χ0n) is 10.4. The molecule has 0 unspecified atom stereocenters. The predicted octanol–water partition coefficient (Wildman–Crippen LogP) is 2.81. The van der Waals surface area contributed by atoms with E-state index in [4.69, 9.17) is 16.3 Å². The molecule has 0 bridgehead atoms. The summed E-state index contributed by atoms with van der Waals surface area (Å²) in [5, 5.41) is 6.61. The van der Waals surface area contributed by atoms with Gasteiger partial charge in [0.05, 0.1) is 17.3 Å². The highest BCUT2D eigenvalue weighted by Crippen LogP contribution is 2.25. The van der Waals surface area contributed by atoms with E-state index in [0.29, 0.717) is 5.02 Å². The Kier molecular flexibility index (Phi) is 5.48. The van der Waals surface area contributed by atoms with E-state index in [0.717, 1.165) is 36.2 Å². The zero-order chi connectivity index (χ0) is 13.7. The Labute approximate surface area is 126 Å². The first-order valence-electron chi connectivity index (χ1n) is 6.21. The SMILES string of the molecule is O=C(CNc1ccc(Br)cc1Cl)NC1CCOCC1. The molecule has 2 rings (SSSR count). The number of benzene rings is 1. The van der Waals surface area contributed by atoms with Gasteiger partial charge in [-0.05, 0) is 31.0 Å². The van der Waals surface area contributed by atoms with E-state index in [2.05, 4.69) is 26.6 Å². The Bertz CT molecular complexity index is 450. The van der Waals surface area contributed by atoms with Crippen LogP contribution in [-0.4, -0.2) is 31.7 Å². The van der Waals surface area contributed by atoms with Gasteiger partial charge in [0, 0.05) is 23.7 Å². The van der Waals surface area contributed by atoms with E-state index in [-0.39, 0.29) is 18.5 Å². The molecule has 0 aromatic heterocycles. The molecule has 19 heavy (non-hydrogen) atoms. The van der Waals surface area contributed by atoms with Crippen molar-refractivity contribution in [1.82, 2.24) is 5.32 Å². The lowest BCUT2D eigenvalue weighted by molar-refractivity contribution is -0.120. The van der Waals surface area contributed by atoms with Crippen molar-refractivity contribution >= 4 is 39.1 Å². The van der Waals surface area contributed by atoms with Crippen LogP contribution in [0.2, 0.25) is 5.02 Å². The summed E-state index contributed by atoms with van der Waals surface area (Å²) in [6, 6.07) is 5.74. The van der Waals surface area contributed by atoms with Gasteiger partial charge in [-0.2, -0.15) is 0 Å². The third-order valence-electron chi connectivity index (χ3n) is 2.96. The lowest BCUT2D eigenvalue weighted by atomic mass is 10.1. The lowest BCUT2D eigenvalue weighted by Gasteiger charge is -2.23. The molecule has 1 aromatic rings.